The maximum atomic E-state index is 13.1. The van der Waals surface area contributed by atoms with Crippen molar-refractivity contribution in [1.82, 2.24) is 15.1 Å². The molecule has 0 aliphatic carbocycles. The van der Waals surface area contributed by atoms with Gasteiger partial charge in [0, 0.05) is 36.0 Å². The van der Waals surface area contributed by atoms with Gasteiger partial charge in [0.15, 0.2) is 0 Å². The lowest BCUT2D eigenvalue weighted by atomic mass is 10.2. The number of carbonyl (C=O) groups excluding carboxylic acids is 1. The van der Waals surface area contributed by atoms with Crippen LogP contribution in [-0.2, 0) is 4.79 Å². The second-order valence-corrected chi connectivity index (χ2v) is 8.53. The Kier molecular flexibility index (Phi) is 6.32. The topological polar surface area (TPSA) is 38.8 Å². The fourth-order valence-electron chi connectivity index (χ4n) is 3.75. The number of hydrogen-bond donors (Lipinski definition) is 1. The quantitative estimate of drug-likeness (QED) is 0.760. The van der Waals surface area contributed by atoms with Crippen LogP contribution in [0.25, 0.3) is 0 Å². The molecule has 0 radical (unpaired) electrons. The van der Waals surface area contributed by atoms with Gasteiger partial charge in [0.05, 0.1) is 17.9 Å². The maximum Gasteiger partial charge on any atom is 0.245 e. The van der Waals surface area contributed by atoms with Gasteiger partial charge < -0.3 is 15.1 Å². The number of nitrogens with one attached hydrogen (secondary N) is 1. The zero-order chi connectivity index (χ0) is 19.3. The van der Waals surface area contributed by atoms with Crippen molar-refractivity contribution < 1.29 is 4.79 Å². The molecule has 1 amide bonds. The molecule has 148 valence electrons. The molecule has 4 rings (SSSR count). The fourth-order valence-corrected chi connectivity index (χ4v) is 4.80. The highest BCUT2D eigenvalue weighted by molar-refractivity contribution is 7.99. The van der Waals surface area contributed by atoms with E-state index >= 15 is 0 Å². The second kappa shape index (κ2) is 9.09. The van der Waals surface area contributed by atoms with Crippen molar-refractivity contribution in [3.63, 3.8) is 0 Å². The molecule has 0 spiro atoms. The Bertz CT molecular complexity index is 774. The minimum Gasteiger partial charge on any atom is -0.308 e. The number of hydrogen-bond acceptors (Lipinski definition) is 5. The molecular weight excluding hydrogens is 368 g/mol. The van der Waals surface area contributed by atoms with Crippen LogP contribution in [0.3, 0.4) is 0 Å². The third kappa shape index (κ3) is 4.41. The van der Waals surface area contributed by atoms with Gasteiger partial charge >= 0.3 is 0 Å². The van der Waals surface area contributed by atoms with Gasteiger partial charge in [0.2, 0.25) is 5.91 Å². The Labute approximate surface area is 171 Å². The van der Waals surface area contributed by atoms with Crippen LogP contribution < -0.4 is 10.2 Å². The number of fused-ring (bicyclic) bond motifs is 2. The van der Waals surface area contributed by atoms with Crippen molar-refractivity contribution in [3.05, 3.63) is 48.5 Å². The summed E-state index contributed by atoms with van der Waals surface area (Å²) in [4.78, 5) is 22.1. The number of carbonyl (C=O) groups is 1. The van der Waals surface area contributed by atoms with Crippen LogP contribution in [0.2, 0.25) is 0 Å². The van der Waals surface area contributed by atoms with E-state index in [9.17, 15) is 4.79 Å². The Balaban J connectivity index is 1.32. The first-order valence-electron chi connectivity index (χ1n) is 10.0. The third-order valence-corrected chi connectivity index (χ3v) is 6.51. The molecule has 0 saturated carbocycles. The van der Waals surface area contributed by atoms with E-state index in [-0.39, 0.29) is 5.91 Å². The van der Waals surface area contributed by atoms with Gasteiger partial charge in [-0.1, -0.05) is 36.0 Å². The van der Waals surface area contributed by atoms with E-state index in [0.717, 1.165) is 66.9 Å². The number of nitrogens with zero attached hydrogens (tertiary/aromatic N) is 3. The Morgan fingerprint density at radius 3 is 2.21 bits per heavy atom. The van der Waals surface area contributed by atoms with E-state index in [1.807, 2.05) is 41.3 Å². The van der Waals surface area contributed by atoms with Gasteiger partial charge in [-0.3, -0.25) is 9.69 Å². The molecule has 1 fully saturated rings. The normalized spacial score (nSPS) is 17.2. The van der Waals surface area contributed by atoms with Crippen molar-refractivity contribution in [3.8, 4) is 0 Å². The number of para-hydroxylation sites is 2. The monoisotopic (exact) mass is 396 g/mol. The lowest BCUT2D eigenvalue weighted by Gasteiger charge is -2.32. The molecule has 1 saturated heterocycles. The summed E-state index contributed by atoms with van der Waals surface area (Å²) >= 11 is 1.73. The Hall–Kier alpha value is -1.86. The van der Waals surface area contributed by atoms with E-state index in [1.165, 1.54) is 0 Å². The Morgan fingerprint density at radius 1 is 0.964 bits per heavy atom. The van der Waals surface area contributed by atoms with E-state index < -0.39 is 0 Å². The van der Waals surface area contributed by atoms with Gasteiger partial charge in [0.1, 0.15) is 0 Å². The molecule has 28 heavy (non-hydrogen) atoms. The van der Waals surface area contributed by atoms with Crippen molar-refractivity contribution >= 4 is 29.0 Å². The SMILES string of the molecule is CN1CCN(CCCNCC(=O)N2c3ccccc3Sc3ccccc32)CC1. The lowest BCUT2D eigenvalue weighted by molar-refractivity contribution is -0.117. The van der Waals surface area contributed by atoms with Crippen molar-refractivity contribution in [1.29, 1.82) is 0 Å². The molecular formula is C22H28N4OS. The predicted molar refractivity (Wildman–Crippen MR) is 116 cm³/mol. The maximum absolute atomic E-state index is 13.1. The fraction of sp³-hybridized carbons (Fsp3) is 0.409. The number of likely N-dealkylation sites (N-methyl/N-ethyl adjacent to an activating group) is 1. The lowest BCUT2D eigenvalue weighted by Crippen LogP contribution is -2.45. The van der Waals surface area contributed by atoms with Crippen LogP contribution in [0, 0.1) is 0 Å². The van der Waals surface area contributed by atoms with Gasteiger partial charge in [-0.05, 0) is 50.8 Å². The van der Waals surface area contributed by atoms with Crippen LogP contribution in [0.5, 0.6) is 0 Å². The van der Waals surface area contributed by atoms with Crippen molar-refractivity contribution in [2.45, 2.75) is 16.2 Å². The standard InChI is InChI=1S/C22H28N4OS/c1-24-13-15-25(16-14-24)12-6-11-23-17-22(27)26-18-7-2-4-9-20(18)28-21-10-5-3-8-19(21)26/h2-5,7-10,23H,6,11-17H2,1H3. The number of benzene rings is 2. The minimum absolute atomic E-state index is 0.0970. The highest BCUT2D eigenvalue weighted by atomic mass is 32.2. The summed E-state index contributed by atoms with van der Waals surface area (Å²) < 4.78 is 0. The summed E-state index contributed by atoms with van der Waals surface area (Å²) in [6, 6.07) is 16.3. The molecule has 2 aliphatic rings. The molecule has 2 aromatic carbocycles. The van der Waals surface area contributed by atoms with Crippen LogP contribution in [-0.4, -0.2) is 68.6 Å². The highest BCUT2D eigenvalue weighted by Crippen LogP contribution is 2.47. The molecule has 0 aromatic heterocycles. The van der Waals surface area contributed by atoms with Gasteiger partial charge in [-0.2, -0.15) is 0 Å². The smallest absolute Gasteiger partial charge is 0.245 e. The number of amides is 1. The summed E-state index contributed by atoms with van der Waals surface area (Å²) in [5.41, 5.74) is 1.96. The summed E-state index contributed by atoms with van der Waals surface area (Å²) in [6.45, 7) is 6.92. The van der Waals surface area contributed by atoms with Crippen LogP contribution in [0.15, 0.2) is 58.3 Å². The molecule has 1 N–H and O–H groups in total. The van der Waals surface area contributed by atoms with Gasteiger partial charge in [0.25, 0.3) is 0 Å². The van der Waals surface area contributed by atoms with Crippen molar-refractivity contribution in [2.24, 2.45) is 0 Å². The number of rotatable bonds is 6. The summed E-state index contributed by atoms with van der Waals surface area (Å²) in [6.07, 6.45) is 1.07. The number of piperazine rings is 1. The van der Waals surface area contributed by atoms with Crippen molar-refractivity contribution in [2.75, 3.05) is 57.8 Å². The second-order valence-electron chi connectivity index (χ2n) is 7.44. The average molecular weight is 397 g/mol. The van der Waals surface area contributed by atoms with Crippen LogP contribution >= 0.6 is 11.8 Å². The molecule has 2 heterocycles. The summed E-state index contributed by atoms with van der Waals surface area (Å²) in [5, 5.41) is 3.36. The van der Waals surface area contributed by atoms with E-state index in [4.69, 9.17) is 0 Å². The van der Waals surface area contributed by atoms with E-state index in [1.54, 1.807) is 11.8 Å². The molecule has 0 atom stereocenters. The van der Waals surface area contributed by atoms with Gasteiger partial charge in [-0.25, -0.2) is 0 Å². The predicted octanol–water partition coefficient (Wildman–Crippen LogP) is 3.04. The number of anilines is 2. The summed E-state index contributed by atoms with van der Waals surface area (Å²) in [5.74, 6) is 0.0970. The van der Waals surface area contributed by atoms with Gasteiger partial charge in [-0.15, -0.1) is 0 Å². The van der Waals surface area contributed by atoms with E-state index in [2.05, 4.69) is 34.3 Å². The minimum atomic E-state index is 0.0970. The molecule has 0 unspecified atom stereocenters. The average Bonchev–Trinajstić information content (AvgIpc) is 2.73. The molecule has 2 aliphatic heterocycles. The van der Waals surface area contributed by atoms with Crippen LogP contribution in [0.1, 0.15) is 6.42 Å². The van der Waals surface area contributed by atoms with Crippen LogP contribution in [0.4, 0.5) is 11.4 Å². The zero-order valence-electron chi connectivity index (χ0n) is 16.4. The summed E-state index contributed by atoms with van der Waals surface area (Å²) in [7, 11) is 2.18. The molecule has 2 aromatic rings. The van der Waals surface area contributed by atoms with E-state index in [0.29, 0.717) is 6.54 Å². The first-order valence-corrected chi connectivity index (χ1v) is 10.8. The molecule has 6 heteroatoms. The largest absolute Gasteiger partial charge is 0.308 e. The molecule has 0 bridgehead atoms. The first-order chi connectivity index (χ1) is 13.7. The molecule has 5 nitrogen and oxygen atoms in total. The highest BCUT2D eigenvalue weighted by Gasteiger charge is 2.27. The first kappa shape index (κ1) is 19.5. The Morgan fingerprint density at radius 2 is 1.57 bits per heavy atom. The zero-order valence-corrected chi connectivity index (χ0v) is 17.3. The third-order valence-electron chi connectivity index (χ3n) is 5.38.